The molecule has 0 spiro atoms. The van der Waals surface area contributed by atoms with Gasteiger partial charge >= 0.3 is 0 Å². The minimum atomic E-state index is -0.546. The standard InChI is InChI=1S/C27H25ClN6O4/c1-4-33(2)26-12-11-22(19-7-5-6-8-20(19)26)29-32-25-13-17(16-35)24(15-27(25)38-3)31-30-23-10-9-18(34(36)37)14-21(23)28/h5-15,35H,4,16H2,1-3H3. The number of aliphatic hydroxyl groups excluding tert-OH is 1. The van der Waals surface area contributed by atoms with Gasteiger partial charge in [-0.15, -0.1) is 20.5 Å². The van der Waals surface area contributed by atoms with Gasteiger partial charge in [-0.1, -0.05) is 35.9 Å². The number of rotatable bonds is 9. The van der Waals surface area contributed by atoms with Crippen LogP contribution >= 0.6 is 11.6 Å². The van der Waals surface area contributed by atoms with Gasteiger partial charge in [-0.2, -0.15) is 0 Å². The van der Waals surface area contributed by atoms with Crippen molar-refractivity contribution in [2.75, 3.05) is 25.6 Å². The number of hydrogen-bond donors (Lipinski definition) is 1. The largest absolute Gasteiger partial charge is 0.494 e. The lowest BCUT2D eigenvalue weighted by molar-refractivity contribution is -0.384. The summed E-state index contributed by atoms with van der Waals surface area (Å²) in [7, 11) is 3.53. The zero-order chi connectivity index (χ0) is 27.2. The number of non-ortho nitro benzene ring substituents is 1. The summed E-state index contributed by atoms with van der Waals surface area (Å²) in [5.41, 5.74) is 3.06. The molecule has 0 heterocycles. The van der Waals surface area contributed by atoms with Crippen LogP contribution in [0.25, 0.3) is 10.8 Å². The Bertz CT molecular complexity index is 1560. The van der Waals surface area contributed by atoms with Crippen LogP contribution in [0.5, 0.6) is 5.75 Å². The van der Waals surface area contributed by atoms with Crippen LogP contribution in [-0.2, 0) is 6.61 Å². The number of azo groups is 2. The predicted molar refractivity (Wildman–Crippen MR) is 148 cm³/mol. The number of aliphatic hydroxyl groups is 1. The van der Waals surface area contributed by atoms with Gasteiger partial charge < -0.3 is 14.7 Å². The van der Waals surface area contributed by atoms with Crippen molar-refractivity contribution in [2.24, 2.45) is 20.5 Å². The third-order valence-corrected chi connectivity index (χ3v) is 6.29. The zero-order valence-electron chi connectivity index (χ0n) is 21.0. The first-order chi connectivity index (χ1) is 18.4. The number of methoxy groups -OCH3 is 1. The summed E-state index contributed by atoms with van der Waals surface area (Å²) in [6.45, 7) is 2.62. The molecule has 4 aromatic carbocycles. The fourth-order valence-electron chi connectivity index (χ4n) is 3.83. The van der Waals surface area contributed by atoms with Crippen molar-refractivity contribution in [1.29, 1.82) is 0 Å². The van der Waals surface area contributed by atoms with E-state index >= 15 is 0 Å². The fourth-order valence-corrected chi connectivity index (χ4v) is 4.04. The van der Waals surface area contributed by atoms with Gasteiger partial charge in [0.1, 0.15) is 17.1 Å². The SMILES string of the molecule is CCN(C)c1ccc(N=Nc2cc(CO)c(N=Nc3ccc([N+](=O)[O-])cc3Cl)cc2OC)c2ccccc12. The number of benzene rings is 4. The molecule has 1 N–H and O–H groups in total. The van der Waals surface area contributed by atoms with E-state index < -0.39 is 4.92 Å². The van der Waals surface area contributed by atoms with Gasteiger partial charge in [0.05, 0.1) is 35.0 Å². The number of nitro groups is 1. The number of nitrogens with zero attached hydrogens (tertiary/aromatic N) is 6. The van der Waals surface area contributed by atoms with Gasteiger partial charge in [-0.25, -0.2) is 0 Å². The average molecular weight is 533 g/mol. The minimum Gasteiger partial charge on any atom is -0.494 e. The summed E-state index contributed by atoms with van der Waals surface area (Å²) in [5, 5.41) is 40.2. The maximum Gasteiger partial charge on any atom is 0.271 e. The van der Waals surface area contributed by atoms with Crippen LogP contribution in [0.4, 0.5) is 34.1 Å². The Balaban J connectivity index is 1.69. The molecule has 11 heteroatoms. The topological polar surface area (TPSA) is 125 Å². The van der Waals surface area contributed by atoms with E-state index in [1.54, 1.807) is 12.1 Å². The number of anilines is 1. The lowest BCUT2D eigenvalue weighted by Gasteiger charge is -2.19. The van der Waals surface area contributed by atoms with Gasteiger partial charge in [0, 0.05) is 53.8 Å². The third kappa shape index (κ3) is 5.61. The normalized spacial score (nSPS) is 11.5. The van der Waals surface area contributed by atoms with Crippen molar-refractivity contribution in [1.82, 2.24) is 0 Å². The molecule has 10 nitrogen and oxygen atoms in total. The second kappa shape index (κ2) is 11.8. The molecule has 4 rings (SSSR count). The number of nitro benzene ring substituents is 1. The Morgan fingerprint density at radius 3 is 2.24 bits per heavy atom. The quantitative estimate of drug-likeness (QED) is 0.132. The number of halogens is 1. The molecule has 0 aromatic heterocycles. The molecule has 0 saturated carbocycles. The Kier molecular flexibility index (Phi) is 8.25. The van der Waals surface area contributed by atoms with Gasteiger partial charge in [0.2, 0.25) is 0 Å². The van der Waals surface area contributed by atoms with Crippen LogP contribution in [0, 0.1) is 10.1 Å². The molecule has 4 aromatic rings. The van der Waals surface area contributed by atoms with E-state index in [0.717, 1.165) is 23.0 Å². The lowest BCUT2D eigenvalue weighted by Crippen LogP contribution is -2.15. The first kappa shape index (κ1) is 26.6. The van der Waals surface area contributed by atoms with Crippen LogP contribution in [-0.4, -0.2) is 30.7 Å². The van der Waals surface area contributed by atoms with E-state index in [9.17, 15) is 15.2 Å². The maximum absolute atomic E-state index is 10.9. The summed E-state index contributed by atoms with van der Waals surface area (Å²) in [6, 6.07) is 19.0. The van der Waals surface area contributed by atoms with Crippen molar-refractivity contribution in [3.8, 4) is 5.75 Å². The third-order valence-electron chi connectivity index (χ3n) is 5.99. The molecule has 194 valence electrons. The molecule has 0 radical (unpaired) electrons. The van der Waals surface area contributed by atoms with Crippen molar-refractivity contribution < 1.29 is 14.8 Å². The first-order valence-electron chi connectivity index (χ1n) is 11.7. The molecule has 0 fully saturated rings. The van der Waals surface area contributed by atoms with Gasteiger partial charge in [-0.3, -0.25) is 10.1 Å². The molecule has 0 aliphatic rings. The smallest absolute Gasteiger partial charge is 0.271 e. The van der Waals surface area contributed by atoms with Crippen LogP contribution in [0.15, 0.2) is 87.2 Å². The highest BCUT2D eigenvalue weighted by Crippen LogP contribution is 2.39. The Labute approximate surface area is 224 Å². The van der Waals surface area contributed by atoms with E-state index in [2.05, 4.69) is 38.3 Å². The summed E-state index contributed by atoms with van der Waals surface area (Å²) in [6.07, 6.45) is 0. The molecule has 0 amide bonds. The van der Waals surface area contributed by atoms with Crippen LogP contribution in [0.3, 0.4) is 0 Å². The minimum absolute atomic E-state index is 0.0780. The number of ether oxygens (including phenoxy) is 1. The Hall–Kier alpha value is -4.41. The first-order valence-corrected chi connectivity index (χ1v) is 12.1. The summed E-state index contributed by atoms with van der Waals surface area (Å²) >= 11 is 6.11. The molecule has 0 bridgehead atoms. The molecular formula is C27H25ClN6O4. The van der Waals surface area contributed by atoms with Crippen LogP contribution < -0.4 is 9.64 Å². The summed E-state index contributed by atoms with van der Waals surface area (Å²) < 4.78 is 5.50. The Morgan fingerprint density at radius 1 is 0.921 bits per heavy atom. The summed E-state index contributed by atoms with van der Waals surface area (Å²) in [5.74, 6) is 0.376. The van der Waals surface area contributed by atoms with Gasteiger partial charge in [-0.05, 0) is 31.2 Å². The van der Waals surface area contributed by atoms with Crippen molar-refractivity contribution in [3.05, 3.63) is 87.4 Å². The molecule has 0 unspecified atom stereocenters. The molecule has 0 aliphatic heterocycles. The predicted octanol–water partition coefficient (Wildman–Crippen LogP) is 8.19. The molecule has 0 aliphatic carbocycles. The van der Waals surface area contributed by atoms with Gasteiger partial charge in [0.15, 0.2) is 0 Å². The van der Waals surface area contributed by atoms with Crippen LogP contribution in [0.2, 0.25) is 5.02 Å². The lowest BCUT2D eigenvalue weighted by atomic mass is 10.1. The second-order valence-corrected chi connectivity index (χ2v) is 8.67. The fraction of sp³-hybridized carbons (Fsp3) is 0.185. The average Bonchev–Trinajstić information content (AvgIpc) is 2.94. The molecule has 0 saturated heterocycles. The zero-order valence-corrected chi connectivity index (χ0v) is 21.8. The Morgan fingerprint density at radius 2 is 1.58 bits per heavy atom. The van der Waals surface area contributed by atoms with E-state index in [0.29, 0.717) is 28.4 Å². The second-order valence-electron chi connectivity index (χ2n) is 8.27. The van der Waals surface area contributed by atoms with Crippen molar-refractivity contribution in [3.63, 3.8) is 0 Å². The molecule has 38 heavy (non-hydrogen) atoms. The maximum atomic E-state index is 10.9. The van der Waals surface area contributed by atoms with E-state index in [4.69, 9.17) is 16.3 Å². The monoisotopic (exact) mass is 532 g/mol. The molecular weight excluding hydrogens is 508 g/mol. The number of fused-ring (bicyclic) bond motifs is 1. The van der Waals surface area contributed by atoms with Crippen molar-refractivity contribution in [2.45, 2.75) is 13.5 Å². The summed E-state index contributed by atoms with van der Waals surface area (Å²) in [4.78, 5) is 12.5. The highest BCUT2D eigenvalue weighted by molar-refractivity contribution is 6.33. The highest BCUT2D eigenvalue weighted by atomic mass is 35.5. The van der Waals surface area contributed by atoms with E-state index in [1.165, 1.54) is 25.3 Å². The molecule has 0 atom stereocenters. The van der Waals surface area contributed by atoms with Gasteiger partial charge in [0.25, 0.3) is 5.69 Å². The van der Waals surface area contributed by atoms with E-state index in [-0.39, 0.29) is 23.0 Å². The van der Waals surface area contributed by atoms with Crippen LogP contribution in [0.1, 0.15) is 12.5 Å². The van der Waals surface area contributed by atoms with E-state index in [1.807, 2.05) is 37.4 Å². The number of hydrogen-bond acceptors (Lipinski definition) is 9. The highest BCUT2D eigenvalue weighted by Gasteiger charge is 2.13. The van der Waals surface area contributed by atoms with Crippen molar-refractivity contribution >= 4 is 56.5 Å².